The molecule has 1 aliphatic heterocycles. The van der Waals surface area contributed by atoms with Gasteiger partial charge in [-0.3, -0.25) is 0 Å². The SMILES string of the molecule is O=C(O)NC1[C@@H]2CC[C@H]1CN(c1cnnc(Cl)c1)C2. The first kappa shape index (κ1) is 12.5. The van der Waals surface area contributed by atoms with Crippen LogP contribution in [-0.4, -0.2) is 40.5 Å². The number of amides is 1. The van der Waals surface area contributed by atoms with E-state index in [4.69, 9.17) is 16.7 Å². The fourth-order valence-electron chi connectivity index (χ4n) is 3.32. The van der Waals surface area contributed by atoms with Gasteiger partial charge >= 0.3 is 6.09 Å². The number of nitrogens with one attached hydrogen (secondary N) is 1. The molecule has 2 bridgehead atoms. The Bertz CT molecular complexity index is 484. The first-order valence-corrected chi connectivity index (χ1v) is 6.74. The van der Waals surface area contributed by atoms with Gasteiger partial charge in [0.05, 0.1) is 11.9 Å². The lowest BCUT2D eigenvalue weighted by Gasteiger charge is -2.38. The lowest BCUT2D eigenvalue weighted by molar-refractivity contribution is 0.178. The number of hydrogen-bond donors (Lipinski definition) is 2. The van der Waals surface area contributed by atoms with Crippen molar-refractivity contribution in [2.75, 3.05) is 18.0 Å². The van der Waals surface area contributed by atoms with Crippen molar-refractivity contribution in [3.05, 3.63) is 17.4 Å². The van der Waals surface area contributed by atoms with Crippen molar-refractivity contribution in [3.63, 3.8) is 0 Å². The number of fused-ring (bicyclic) bond motifs is 2. The number of aromatic nitrogens is 2. The van der Waals surface area contributed by atoms with Crippen molar-refractivity contribution >= 4 is 23.4 Å². The number of hydrogen-bond acceptors (Lipinski definition) is 4. The molecule has 2 fully saturated rings. The Hall–Kier alpha value is -1.56. The van der Waals surface area contributed by atoms with Crippen LogP contribution in [0.15, 0.2) is 12.3 Å². The lowest BCUT2D eigenvalue weighted by Crippen LogP contribution is -2.52. The highest BCUT2D eigenvalue weighted by Crippen LogP contribution is 2.38. The Balaban J connectivity index is 1.75. The summed E-state index contributed by atoms with van der Waals surface area (Å²) >= 11 is 5.86. The quantitative estimate of drug-likeness (QED) is 0.862. The second kappa shape index (κ2) is 4.85. The van der Waals surface area contributed by atoms with Crippen LogP contribution >= 0.6 is 11.6 Å². The Kier molecular flexibility index (Phi) is 3.18. The Morgan fingerprint density at radius 2 is 2.11 bits per heavy atom. The standard InChI is InChI=1S/C12H15ClN4O2/c13-10-3-9(4-14-16-10)17-5-7-1-2-8(6-17)11(7)15-12(18)19/h3-4,7-8,11,15H,1-2,5-6H2,(H,18,19)/t7-,8+,11?. The molecule has 102 valence electrons. The molecule has 1 aromatic rings. The van der Waals surface area contributed by atoms with Crippen LogP contribution < -0.4 is 10.2 Å². The fourth-order valence-corrected chi connectivity index (χ4v) is 3.47. The molecule has 19 heavy (non-hydrogen) atoms. The number of carboxylic acid groups (broad SMARTS) is 1. The van der Waals surface area contributed by atoms with Gasteiger partial charge in [-0.25, -0.2) is 4.79 Å². The zero-order valence-electron chi connectivity index (χ0n) is 10.3. The molecule has 1 aromatic heterocycles. The molecule has 0 aromatic carbocycles. The van der Waals surface area contributed by atoms with Gasteiger partial charge in [0.2, 0.25) is 0 Å². The normalized spacial score (nSPS) is 29.3. The van der Waals surface area contributed by atoms with Gasteiger partial charge in [-0.05, 0) is 24.7 Å². The van der Waals surface area contributed by atoms with Crippen molar-refractivity contribution in [2.45, 2.75) is 18.9 Å². The second-order valence-corrected chi connectivity index (χ2v) is 5.60. The molecule has 3 rings (SSSR count). The minimum atomic E-state index is -0.927. The van der Waals surface area contributed by atoms with E-state index in [9.17, 15) is 4.79 Å². The zero-order valence-corrected chi connectivity index (χ0v) is 11.0. The Morgan fingerprint density at radius 3 is 2.68 bits per heavy atom. The Labute approximate surface area is 115 Å². The first-order valence-electron chi connectivity index (χ1n) is 6.36. The summed E-state index contributed by atoms with van der Waals surface area (Å²) in [5.41, 5.74) is 0.964. The summed E-state index contributed by atoms with van der Waals surface area (Å²) in [6.45, 7) is 1.67. The van der Waals surface area contributed by atoms with E-state index < -0.39 is 6.09 Å². The molecule has 7 heteroatoms. The number of carbonyl (C=O) groups is 1. The molecular formula is C12H15ClN4O2. The van der Waals surface area contributed by atoms with E-state index in [0.717, 1.165) is 31.6 Å². The van der Waals surface area contributed by atoms with Gasteiger partial charge in [0.1, 0.15) is 0 Å². The van der Waals surface area contributed by atoms with Crippen LogP contribution in [0.4, 0.5) is 10.5 Å². The van der Waals surface area contributed by atoms with Crippen molar-refractivity contribution in [2.24, 2.45) is 11.8 Å². The molecule has 1 aliphatic carbocycles. The number of anilines is 1. The van der Waals surface area contributed by atoms with E-state index in [0.29, 0.717) is 17.0 Å². The maximum atomic E-state index is 10.8. The molecule has 2 aliphatic rings. The van der Waals surface area contributed by atoms with Crippen LogP contribution in [0.1, 0.15) is 12.8 Å². The smallest absolute Gasteiger partial charge is 0.404 e. The molecule has 0 spiro atoms. The lowest BCUT2D eigenvalue weighted by atomic mass is 9.92. The van der Waals surface area contributed by atoms with Gasteiger partial charge in [-0.2, -0.15) is 5.10 Å². The third-order valence-electron chi connectivity index (χ3n) is 4.10. The third kappa shape index (κ3) is 2.45. The summed E-state index contributed by atoms with van der Waals surface area (Å²) in [6, 6.07) is 1.89. The van der Waals surface area contributed by atoms with Crippen LogP contribution in [0.3, 0.4) is 0 Å². The van der Waals surface area contributed by atoms with Crippen molar-refractivity contribution in [1.82, 2.24) is 15.5 Å². The van der Waals surface area contributed by atoms with E-state index in [2.05, 4.69) is 20.4 Å². The molecular weight excluding hydrogens is 268 g/mol. The number of halogens is 1. The molecule has 2 N–H and O–H groups in total. The minimum Gasteiger partial charge on any atom is -0.465 e. The molecule has 2 heterocycles. The predicted molar refractivity (Wildman–Crippen MR) is 70.4 cm³/mol. The van der Waals surface area contributed by atoms with Gasteiger partial charge in [0.15, 0.2) is 5.15 Å². The summed E-state index contributed by atoms with van der Waals surface area (Å²) in [5.74, 6) is 0.726. The molecule has 1 amide bonds. The van der Waals surface area contributed by atoms with Crippen molar-refractivity contribution in [1.29, 1.82) is 0 Å². The van der Waals surface area contributed by atoms with E-state index in [1.807, 2.05) is 0 Å². The first-order chi connectivity index (χ1) is 9.13. The molecule has 3 atom stereocenters. The number of rotatable bonds is 2. The van der Waals surface area contributed by atoms with E-state index in [-0.39, 0.29) is 6.04 Å². The van der Waals surface area contributed by atoms with Crippen LogP contribution in [0.5, 0.6) is 0 Å². The van der Waals surface area contributed by atoms with Gasteiger partial charge < -0.3 is 15.3 Å². The molecule has 6 nitrogen and oxygen atoms in total. The van der Waals surface area contributed by atoms with E-state index >= 15 is 0 Å². The second-order valence-electron chi connectivity index (χ2n) is 5.21. The molecule has 1 unspecified atom stereocenters. The number of piperidine rings is 1. The third-order valence-corrected chi connectivity index (χ3v) is 4.28. The fraction of sp³-hybridized carbons (Fsp3) is 0.583. The average Bonchev–Trinajstić information content (AvgIpc) is 2.61. The van der Waals surface area contributed by atoms with Crippen LogP contribution in [0.2, 0.25) is 5.15 Å². The highest BCUT2D eigenvalue weighted by atomic mass is 35.5. The van der Waals surface area contributed by atoms with E-state index in [1.54, 1.807) is 12.3 Å². The molecule has 1 saturated heterocycles. The monoisotopic (exact) mass is 282 g/mol. The van der Waals surface area contributed by atoms with Crippen LogP contribution in [-0.2, 0) is 0 Å². The maximum Gasteiger partial charge on any atom is 0.404 e. The van der Waals surface area contributed by atoms with Crippen molar-refractivity contribution in [3.8, 4) is 0 Å². The number of nitrogens with zero attached hydrogens (tertiary/aromatic N) is 3. The Morgan fingerprint density at radius 1 is 1.42 bits per heavy atom. The van der Waals surface area contributed by atoms with Gasteiger partial charge in [0, 0.05) is 25.2 Å². The minimum absolute atomic E-state index is 0.0824. The average molecular weight is 283 g/mol. The summed E-state index contributed by atoms with van der Waals surface area (Å²) < 4.78 is 0. The topological polar surface area (TPSA) is 78.4 Å². The summed E-state index contributed by atoms with van der Waals surface area (Å²) in [5, 5.41) is 19.5. The summed E-state index contributed by atoms with van der Waals surface area (Å²) in [7, 11) is 0. The molecule has 1 saturated carbocycles. The van der Waals surface area contributed by atoms with Gasteiger partial charge in [-0.15, -0.1) is 5.10 Å². The molecule has 0 radical (unpaired) electrons. The maximum absolute atomic E-state index is 10.8. The van der Waals surface area contributed by atoms with E-state index in [1.165, 1.54) is 0 Å². The van der Waals surface area contributed by atoms with Gasteiger partial charge in [0.25, 0.3) is 0 Å². The summed E-state index contributed by atoms with van der Waals surface area (Å²) in [6.07, 6.45) is 2.91. The predicted octanol–water partition coefficient (Wildman–Crippen LogP) is 1.61. The van der Waals surface area contributed by atoms with Crippen LogP contribution in [0.25, 0.3) is 0 Å². The zero-order chi connectivity index (χ0) is 13.4. The highest BCUT2D eigenvalue weighted by Gasteiger charge is 2.42. The summed E-state index contributed by atoms with van der Waals surface area (Å²) in [4.78, 5) is 13.0. The highest BCUT2D eigenvalue weighted by molar-refractivity contribution is 6.29. The van der Waals surface area contributed by atoms with Crippen molar-refractivity contribution < 1.29 is 9.90 Å². The largest absolute Gasteiger partial charge is 0.465 e. The van der Waals surface area contributed by atoms with Gasteiger partial charge in [-0.1, -0.05) is 11.6 Å². The van der Waals surface area contributed by atoms with Crippen LogP contribution in [0, 0.1) is 11.8 Å².